The summed E-state index contributed by atoms with van der Waals surface area (Å²) < 4.78 is 5.18. The number of anilines is 1. The molecule has 0 aliphatic rings. The molecule has 0 fully saturated rings. The van der Waals surface area contributed by atoms with Crippen LogP contribution in [0.5, 0.6) is 11.5 Å². The SMILES string of the molecule is CCOc1cc([N+](=O)[O-])cc(/C=N/NC(=O)CNc2ccc(C)cc2)c1O. The van der Waals surface area contributed by atoms with Crippen LogP contribution in [-0.2, 0) is 4.79 Å². The van der Waals surface area contributed by atoms with Gasteiger partial charge in [0, 0.05) is 17.3 Å². The molecule has 1 amide bonds. The molecule has 0 saturated carbocycles. The summed E-state index contributed by atoms with van der Waals surface area (Å²) in [5, 5.41) is 27.8. The minimum Gasteiger partial charge on any atom is -0.504 e. The van der Waals surface area contributed by atoms with Crippen molar-refractivity contribution in [2.45, 2.75) is 13.8 Å². The van der Waals surface area contributed by atoms with E-state index in [1.54, 1.807) is 6.92 Å². The maximum absolute atomic E-state index is 11.8. The molecule has 0 aliphatic carbocycles. The molecule has 0 radical (unpaired) electrons. The van der Waals surface area contributed by atoms with E-state index in [0.717, 1.165) is 29.6 Å². The summed E-state index contributed by atoms with van der Waals surface area (Å²) >= 11 is 0. The first-order valence-electron chi connectivity index (χ1n) is 8.17. The minimum absolute atomic E-state index is 0.00842. The van der Waals surface area contributed by atoms with Crippen LogP contribution in [0.3, 0.4) is 0 Å². The number of rotatable bonds is 8. The number of nitro benzene ring substituents is 1. The average molecular weight is 372 g/mol. The van der Waals surface area contributed by atoms with Gasteiger partial charge in [-0.3, -0.25) is 14.9 Å². The van der Waals surface area contributed by atoms with Crippen LogP contribution in [0.15, 0.2) is 41.5 Å². The van der Waals surface area contributed by atoms with E-state index in [-0.39, 0.29) is 35.9 Å². The smallest absolute Gasteiger partial charge is 0.274 e. The lowest BCUT2D eigenvalue weighted by Crippen LogP contribution is -2.25. The second-order valence-corrected chi connectivity index (χ2v) is 5.58. The number of benzene rings is 2. The maximum atomic E-state index is 11.8. The van der Waals surface area contributed by atoms with E-state index in [1.807, 2.05) is 31.2 Å². The fourth-order valence-electron chi connectivity index (χ4n) is 2.15. The standard InChI is InChI=1S/C18H20N4O5/c1-3-27-16-9-15(22(25)26)8-13(18(16)24)10-20-21-17(23)11-19-14-6-4-12(2)5-7-14/h4-10,19,24H,3,11H2,1-2H3,(H,21,23)/b20-10+. The summed E-state index contributed by atoms with van der Waals surface area (Å²) in [5.74, 6) is -0.736. The van der Waals surface area contributed by atoms with E-state index in [1.165, 1.54) is 0 Å². The number of phenolic OH excluding ortho intramolecular Hbond substituents is 1. The van der Waals surface area contributed by atoms with E-state index in [2.05, 4.69) is 15.8 Å². The second kappa shape index (κ2) is 9.18. The van der Waals surface area contributed by atoms with Crippen LogP contribution in [0.1, 0.15) is 18.1 Å². The van der Waals surface area contributed by atoms with E-state index >= 15 is 0 Å². The van der Waals surface area contributed by atoms with Gasteiger partial charge in [0.25, 0.3) is 11.6 Å². The van der Waals surface area contributed by atoms with E-state index < -0.39 is 10.8 Å². The third-order valence-corrected chi connectivity index (χ3v) is 3.50. The molecular formula is C18H20N4O5. The molecule has 2 aromatic rings. The molecule has 0 heterocycles. The Kier molecular flexibility index (Phi) is 6.70. The van der Waals surface area contributed by atoms with E-state index in [0.29, 0.717) is 0 Å². The van der Waals surface area contributed by atoms with Gasteiger partial charge in [0.1, 0.15) is 0 Å². The minimum atomic E-state index is -0.608. The first-order chi connectivity index (χ1) is 12.9. The average Bonchev–Trinajstić information content (AvgIpc) is 2.64. The number of non-ortho nitro benzene ring substituents is 1. The fraction of sp³-hybridized carbons (Fsp3) is 0.222. The number of nitro groups is 1. The Morgan fingerprint density at radius 1 is 1.33 bits per heavy atom. The number of hydrogen-bond acceptors (Lipinski definition) is 7. The molecule has 0 unspecified atom stereocenters. The summed E-state index contributed by atoms with van der Waals surface area (Å²) in [6.45, 7) is 3.87. The molecule has 2 aromatic carbocycles. The van der Waals surface area contributed by atoms with Crippen molar-refractivity contribution in [1.82, 2.24) is 5.43 Å². The van der Waals surface area contributed by atoms with Crippen molar-refractivity contribution in [3.05, 3.63) is 57.6 Å². The highest BCUT2D eigenvalue weighted by Crippen LogP contribution is 2.33. The zero-order valence-corrected chi connectivity index (χ0v) is 14.9. The summed E-state index contributed by atoms with van der Waals surface area (Å²) in [6, 6.07) is 9.79. The van der Waals surface area contributed by atoms with Crippen molar-refractivity contribution in [3.8, 4) is 11.5 Å². The van der Waals surface area contributed by atoms with Crippen LogP contribution in [0.2, 0.25) is 0 Å². The maximum Gasteiger partial charge on any atom is 0.274 e. The number of nitrogens with one attached hydrogen (secondary N) is 2. The Bertz CT molecular complexity index is 850. The lowest BCUT2D eigenvalue weighted by Gasteiger charge is -2.08. The van der Waals surface area contributed by atoms with Crippen LogP contribution < -0.4 is 15.5 Å². The quantitative estimate of drug-likeness (QED) is 0.371. The van der Waals surface area contributed by atoms with Gasteiger partial charge in [-0.05, 0) is 26.0 Å². The third kappa shape index (κ3) is 5.70. The Labute approximate surface area is 155 Å². The van der Waals surface area contributed by atoms with Crippen molar-refractivity contribution in [1.29, 1.82) is 0 Å². The van der Waals surface area contributed by atoms with Crippen molar-refractivity contribution < 1.29 is 19.6 Å². The molecule has 0 atom stereocenters. The fourth-order valence-corrected chi connectivity index (χ4v) is 2.15. The number of amides is 1. The van der Waals surface area contributed by atoms with E-state index in [4.69, 9.17) is 4.74 Å². The first-order valence-corrected chi connectivity index (χ1v) is 8.17. The van der Waals surface area contributed by atoms with Crippen LogP contribution in [-0.4, -0.2) is 35.3 Å². The number of ether oxygens (including phenoxy) is 1. The van der Waals surface area contributed by atoms with Crippen molar-refractivity contribution in [3.63, 3.8) is 0 Å². The van der Waals surface area contributed by atoms with Gasteiger partial charge in [-0.15, -0.1) is 0 Å². The number of nitrogens with zero attached hydrogens (tertiary/aromatic N) is 2. The van der Waals surface area contributed by atoms with Gasteiger partial charge < -0.3 is 15.2 Å². The summed E-state index contributed by atoms with van der Waals surface area (Å²) in [4.78, 5) is 22.2. The highest BCUT2D eigenvalue weighted by atomic mass is 16.6. The molecule has 0 aliphatic heterocycles. The molecule has 0 bridgehead atoms. The van der Waals surface area contributed by atoms with Crippen LogP contribution in [0.25, 0.3) is 0 Å². The molecule has 142 valence electrons. The number of hydrazone groups is 1. The van der Waals surface area contributed by atoms with Crippen molar-refractivity contribution in [2.24, 2.45) is 5.10 Å². The number of hydrogen-bond donors (Lipinski definition) is 3. The molecule has 0 saturated heterocycles. The van der Waals surface area contributed by atoms with E-state index in [9.17, 15) is 20.0 Å². The van der Waals surface area contributed by atoms with Crippen LogP contribution in [0.4, 0.5) is 11.4 Å². The summed E-state index contributed by atoms with van der Waals surface area (Å²) in [6.07, 6.45) is 1.12. The normalized spacial score (nSPS) is 10.6. The van der Waals surface area contributed by atoms with Crippen molar-refractivity contribution >= 4 is 23.5 Å². The Hall–Kier alpha value is -3.62. The number of carbonyl (C=O) groups excluding carboxylic acids is 1. The molecule has 9 heteroatoms. The Morgan fingerprint density at radius 2 is 2.04 bits per heavy atom. The molecule has 3 N–H and O–H groups in total. The van der Waals surface area contributed by atoms with Gasteiger partial charge in [-0.25, -0.2) is 5.43 Å². The number of aryl methyl sites for hydroxylation is 1. The van der Waals surface area contributed by atoms with Gasteiger partial charge in [0.15, 0.2) is 11.5 Å². The van der Waals surface area contributed by atoms with Gasteiger partial charge in [-0.1, -0.05) is 17.7 Å². The Balaban J connectivity index is 2.00. The molecule has 9 nitrogen and oxygen atoms in total. The predicted octanol–water partition coefficient (Wildman–Crippen LogP) is 2.57. The number of aromatic hydroxyl groups is 1. The van der Waals surface area contributed by atoms with Gasteiger partial charge in [-0.2, -0.15) is 5.10 Å². The summed E-state index contributed by atoms with van der Waals surface area (Å²) in [5.41, 5.74) is 3.98. The van der Waals surface area contributed by atoms with Crippen LogP contribution in [0, 0.1) is 17.0 Å². The van der Waals surface area contributed by atoms with Crippen LogP contribution >= 0.6 is 0 Å². The molecule has 0 spiro atoms. The molecule has 27 heavy (non-hydrogen) atoms. The van der Waals surface area contributed by atoms with Crippen molar-refractivity contribution in [2.75, 3.05) is 18.5 Å². The Morgan fingerprint density at radius 3 is 2.67 bits per heavy atom. The highest BCUT2D eigenvalue weighted by molar-refractivity contribution is 5.88. The largest absolute Gasteiger partial charge is 0.504 e. The number of phenols is 1. The lowest BCUT2D eigenvalue weighted by molar-refractivity contribution is -0.385. The first kappa shape index (κ1) is 19.7. The monoisotopic (exact) mass is 372 g/mol. The molecule has 0 aromatic heterocycles. The molecule has 2 rings (SSSR count). The van der Waals surface area contributed by atoms with Gasteiger partial charge >= 0.3 is 0 Å². The zero-order valence-electron chi connectivity index (χ0n) is 14.9. The van der Waals surface area contributed by atoms with Gasteiger partial charge in [0.05, 0.1) is 30.4 Å². The highest BCUT2D eigenvalue weighted by Gasteiger charge is 2.16. The number of carbonyl (C=O) groups is 1. The molecular weight excluding hydrogens is 352 g/mol. The third-order valence-electron chi connectivity index (χ3n) is 3.50. The predicted molar refractivity (Wildman–Crippen MR) is 101 cm³/mol. The lowest BCUT2D eigenvalue weighted by atomic mass is 10.1. The summed E-state index contributed by atoms with van der Waals surface area (Å²) in [7, 11) is 0. The topological polar surface area (TPSA) is 126 Å². The zero-order chi connectivity index (χ0) is 19.8. The second-order valence-electron chi connectivity index (χ2n) is 5.58. The van der Waals surface area contributed by atoms with Gasteiger partial charge in [0.2, 0.25) is 0 Å².